The van der Waals surface area contributed by atoms with Crippen LogP contribution in [0.4, 0.5) is 0 Å². The summed E-state index contributed by atoms with van der Waals surface area (Å²) < 4.78 is 23.4. The Hall–Kier alpha value is -1.48. The van der Waals surface area contributed by atoms with Crippen LogP contribution in [-0.2, 0) is 20.0 Å². The van der Waals surface area contributed by atoms with Crippen LogP contribution in [-0.4, -0.2) is 18.2 Å². The Kier molecular flexibility index (Phi) is 5.68. The first-order chi connectivity index (χ1) is 10.2. The van der Waals surface area contributed by atoms with Crippen molar-refractivity contribution in [2.45, 2.75) is 20.3 Å². The average Bonchev–Trinajstić information content (AvgIpc) is 2.49. The highest BCUT2D eigenvalue weighted by Crippen LogP contribution is 2.46. The van der Waals surface area contributed by atoms with Gasteiger partial charge in [-0.3, -0.25) is 4.57 Å². The van der Waals surface area contributed by atoms with Crippen molar-refractivity contribution in [3.63, 3.8) is 0 Å². The van der Waals surface area contributed by atoms with Crippen molar-refractivity contribution in [1.82, 2.24) is 4.98 Å². The first-order valence-electron chi connectivity index (χ1n) is 7.06. The maximum absolute atomic E-state index is 12.7. The van der Waals surface area contributed by atoms with E-state index in [1.54, 1.807) is 26.1 Å². The lowest BCUT2D eigenvalue weighted by atomic mass is 10.1. The van der Waals surface area contributed by atoms with Gasteiger partial charge in [-0.2, -0.15) is 0 Å². The van der Waals surface area contributed by atoms with E-state index in [0.717, 1.165) is 12.0 Å². The van der Waals surface area contributed by atoms with Crippen LogP contribution < -0.4 is 5.44 Å². The van der Waals surface area contributed by atoms with Crippen LogP contribution in [0, 0.1) is 0 Å². The molecular weight excluding hydrogens is 285 g/mol. The van der Waals surface area contributed by atoms with Gasteiger partial charge >= 0.3 is 7.60 Å². The van der Waals surface area contributed by atoms with Crippen LogP contribution in [0.1, 0.15) is 25.0 Å². The van der Waals surface area contributed by atoms with Crippen molar-refractivity contribution in [2.24, 2.45) is 0 Å². The smallest absolute Gasteiger partial charge is 0.304 e. The highest BCUT2D eigenvalue weighted by molar-refractivity contribution is 7.61. The fourth-order valence-electron chi connectivity index (χ4n) is 2.06. The second-order valence-corrected chi connectivity index (χ2v) is 6.49. The second-order valence-electron chi connectivity index (χ2n) is 4.52. The molecule has 1 aromatic heterocycles. The Morgan fingerprint density at radius 1 is 1.00 bits per heavy atom. The van der Waals surface area contributed by atoms with E-state index in [0.29, 0.717) is 18.6 Å². The van der Waals surface area contributed by atoms with Gasteiger partial charge in [-0.15, -0.1) is 0 Å². The van der Waals surface area contributed by atoms with Gasteiger partial charge in [0.1, 0.15) is 0 Å². The standard InChI is InChI=1S/C16H20NO3P/c1-3-19-21(18,20-4-2)16-13-15(10-11-17-16)12-14-8-6-5-7-9-14/h5-11,13H,3-4,12H2,1-2H3. The summed E-state index contributed by atoms with van der Waals surface area (Å²) >= 11 is 0. The third-order valence-electron chi connectivity index (χ3n) is 2.94. The zero-order valence-electron chi connectivity index (χ0n) is 12.4. The Morgan fingerprint density at radius 3 is 2.29 bits per heavy atom. The summed E-state index contributed by atoms with van der Waals surface area (Å²) in [6.45, 7) is 4.22. The molecule has 0 aliphatic rings. The molecule has 0 unspecified atom stereocenters. The van der Waals surface area contributed by atoms with E-state index in [1.165, 1.54) is 5.56 Å². The molecule has 0 spiro atoms. The fourth-order valence-corrected chi connectivity index (χ4v) is 3.61. The summed E-state index contributed by atoms with van der Waals surface area (Å²) in [5.41, 5.74) is 2.60. The van der Waals surface area contributed by atoms with E-state index < -0.39 is 7.60 Å². The lowest BCUT2D eigenvalue weighted by molar-refractivity contribution is 0.229. The van der Waals surface area contributed by atoms with Crippen LogP contribution in [0.15, 0.2) is 48.7 Å². The van der Waals surface area contributed by atoms with Crippen LogP contribution in [0.25, 0.3) is 0 Å². The van der Waals surface area contributed by atoms with E-state index in [4.69, 9.17) is 9.05 Å². The second kappa shape index (κ2) is 7.51. The van der Waals surface area contributed by atoms with Crippen molar-refractivity contribution in [3.05, 3.63) is 59.8 Å². The number of pyridine rings is 1. The first-order valence-corrected chi connectivity index (χ1v) is 8.60. The summed E-state index contributed by atoms with van der Waals surface area (Å²) in [5, 5.41) is 0. The van der Waals surface area contributed by atoms with Crippen molar-refractivity contribution >= 4 is 13.0 Å². The molecule has 2 rings (SSSR count). The van der Waals surface area contributed by atoms with Gasteiger partial charge in [0.15, 0.2) is 5.44 Å². The lowest BCUT2D eigenvalue weighted by Gasteiger charge is -2.16. The number of benzene rings is 1. The number of rotatable bonds is 7. The largest absolute Gasteiger partial charge is 0.379 e. The van der Waals surface area contributed by atoms with Crippen LogP contribution in [0.2, 0.25) is 0 Å². The van der Waals surface area contributed by atoms with Gasteiger partial charge in [0.25, 0.3) is 0 Å². The highest BCUT2D eigenvalue weighted by atomic mass is 31.2. The number of nitrogens with zero attached hydrogens (tertiary/aromatic N) is 1. The first kappa shape index (κ1) is 15.9. The van der Waals surface area contributed by atoms with Crippen LogP contribution >= 0.6 is 7.60 Å². The summed E-state index contributed by atoms with van der Waals surface area (Å²) in [7, 11) is -3.31. The minimum atomic E-state index is -3.31. The van der Waals surface area contributed by atoms with E-state index in [-0.39, 0.29) is 0 Å². The minimum Gasteiger partial charge on any atom is -0.304 e. The Labute approximate surface area is 125 Å². The molecule has 0 N–H and O–H groups in total. The Balaban J connectivity index is 2.26. The normalized spacial score (nSPS) is 11.5. The Morgan fingerprint density at radius 2 is 1.67 bits per heavy atom. The zero-order chi connectivity index (χ0) is 15.1. The molecule has 0 saturated heterocycles. The van der Waals surface area contributed by atoms with Crippen molar-refractivity contribution in [2.75, 3.05) is 13.2 Å². The summed E-state index contributed by atoms with van der Waals surface area (Å²) in [6, 6.07) is 13.8. The molecule has 0 amide bonds. The molecule has 5 heteroatoms. The third kappa shape index (κ3) is 4.24. The minimum absolute atomic E-state index is 0.321. The van der Waals surface area contributed by atoms with Gasteiger partial charge in [-0.1, -0.05) is 30.3 Å². The molecule has 2 aromatic rings. The van der Waals surface area contributed by atoms with Crippen molar-refractivity contribution in [1.29, 1.82) is 0 Å². The molecular formula is C16H20NO3P. The molecule has 0 aliphatic heterocycles. The van der Waals surface area contributed by atoms with Crippen molar-refractivity contribution < 1.29 is 13.6 Å². The van der Waals surface area contributed by atoms with Gasteiger partial charge < -0.3 is 9.05 Å². The molecule has 1 aromatic carbocycles. The molecule has 0 atom stereocenters. The van der Waals surface area contributed by atoms with Crippen LogP contribution in [0.5, 0.6) is 0 Å². The predicted molar refractivity (Wildman–Crippen MR) is 84.0 cm³/mol. The quantitative estimate of drug-likeness (QED) is 0.734. The van der Waals surface area contributed by atoms with Gasteiger partial charge in [-0.25, -0.2) is 4.98 Å². The van der Waals surface area contributed by atoms with Gasteiger partial charge in [0.2, 0.25) is 0 Å². The highest BCUT2D eigenvalue weighted by Gasteiger charge is 2.28. The van der Waals surface area contributed by atoms with Crippen LogP contribution in [0.3, 0.4) is 0 Å². The lowest BCUT2D eigenvalue weighted by Crippen LogP contribution is -2.15. The SMILES string of the molecule is CCOP(=O)(OCC)c1cc(Cc2ccccc2)ccn1. The van der Waals surface area contributed by atoms with Gasteiger partial charge in [0, 0.05) is 6.20 Å². The monoisotopic (exact) mass is 305 g/mol. The molecule has 21 heavy (non-hydrogen) atoms. The summed E-state index contributed by atoms with van der Waals surface area (Å²) in [5.74, 6) is 0. The zero-order valence-corrected chi connectivity index (χ0v) is 13.3. The predicted octanol–water partition coefficient (Wildman–Crippen LogP) is 3.56. The molecule has 1 heterocycles. The Bertz CT molecular complexity index is 606. The molecule has 0 bridgehead atoms. The summed E-state index contributed by atoms with van der Waals surface area (Å²) in [4.78, 5) is 4.18. The van der Waals surface area contributed by atoms with E-state index >= 15 is 0 Å². The topological polar surface area (TPSA) is 48.4 Å². The maximum Gasteiger partial charge on any atom is 0.379 e. The van der Waals surface area contributed by atoms with E-state index in [2.05, 4.69) is 17.1 Å². The molecule has 0 radical (unpaired) electrons. The molecule has 0 aliphatic carbocycles. The third-order valence-corrected chi connectivity index (χ3v) is 4.94. The fraction of sp³-hybridized carbons (Fsp3) is 0.312. The number of hydrogen-bond acceptors (Lipinski definition) is 4. The average molecular weight is 305 g/mol. The number of hydrogen-bond donors (Lipinski definition) is 0. The number of aromatic nitrogens is 1. The maximum atomic E-state index is 12.7. The molecule has 4 nitrogen and oxygen atoms in total. The van der Waals surface area contributed by atoms with Gasteiger partial charge in [-0.05, 0) is 43.5 Å². The molecule has 112 valence electrons. The molecule has 0 fully saturated rings. The van der Waals surface area contributed by atoms with Gasteiger partial charge in [0.05, 0.1) is 13.2 Å². The van der Waals surface area contributed by atoms with E-state index in [1.807, 2.05) is 24.3 Å². The molecule has 0 saturated carbocycles. The van der Waals surface area contributed by atoms with Crippen molar-refractivity contribution in [3.8, 4) is 0 Å². The summed E-state index contributed by atoms with van der Waals surface area (Å²) in [6.07, 6.45) is 2.41. The van der Waals surface area contributed by atoms with E-state index in [9.17, 15) is 4.57 Å².